The molecule has 0 aliphatic heterocycles. The van der Waals surface area contributed by atoms with E-state index in [1.165, 1.54) is 0 Å². The monoisotopic (exact) mass is 242 g/mol. The van der Waals surface area contributed by atoms with Crippen molar-refractivity contribution in [2.24, 2.45) is 5.73 Å². The topological polar surface area (TPSA) is 48.1 Å². The highest BCUT2D eigenvalue weighted by molar-refractivity contribution is 5.33. The van der Waals surface area contributed by atoms with Gasteiger partial charge in [0.05, 0.1) is 6.20 Å². The van der Waals surface area contributed by atoms with Gasteiger partial charge in [-0.3, -0.25) is 4.98 Å². The maximum atomic E-state index is 5.96. The van der Waals surface area contributed by atoms with Gasteiger partial charge < -0.3 is 10.5 Å². The van der Waals surface area contributed by atoms with Crippen molar-refractivity contribution in [1.29, 1.82) is 0 Å². The summed E-state index contributed by atoms with van der Waals surface area (Å²) in [5, 5.41) is 0. The van der Waals surface area contributed by atoms with Crippen LogP contribution in [0.25, 0.3) is 0 Å². The van der Waals surface area contributed by atoms with Crippen LogP contribution in [0.5, 0.6) is 11.5 Å². The molecule has 0 radical (unpaired) electrons. The smallest absolute Gasteiger partial charge is 0.145 e. The third-order valence-corrected chi connectivity index (χ3v) is 2.87. The molecule has 0 spiro atoms. The minimum atomic E-state index is 0.0973. The van der Waals surface area contributed by atoms with Crippen LogP contribution in [0.2, 0.25) is 0 Å². The zero-order valence-corrected chi connectivity index (χ0v) is 10.8. The van der Waals surface area contributed by atoms with Crippen LogP contribution in [0.3, 0.4) is 0 Å². The number of pyridine rings is 1. The molecule has 0 unspecified atom stereocenters. The first kappa shape index (κ1) is 12.6. The van der Waals surface area contributed by atoms with Crippen molar-refractivity contribution in [1.82, 2.24) is 4.98 Å². The van der Waals surface area contributed by atoms with Crippen molar-refractivity contribution in [2.75, 3.05) is 0 Å². The molecule has 0 fully saturated rings. The fourth-order valence-corrected chi connectivity index (χ4v) is 1.67. The number of aryl methyl sites for hydroxylation is 1. The van der Waals surface area contributed by atoms with E-state index < -0.39 is 0 Å². The zero-order chi connectivity index (χ0) is 13.0. The Kier molecular flexibility index (Phi) is 3.95. The van der Waals surface area contributed by atoms with Gasteiger partial charge in [0.25, 0.3) is 0 Å². The summed E-state index contributed by atoms with van der Waals surface area (Å²) in [5.74, 6) is 1.54. The molecule has 0 aliphatic rings. The minimum Gasteiger partial charge on any atom is -0.456 e. The van der Waals surface area contributed by atoms with Gasteiger partial charge in [0.1, 0.15) is 11.5 Å². The van der Waals surface area contributed by atoms with E-state index >= 15 is 0 Å². The molecule has 0 aliphatic carbocycles. The van der Waals surface area contributed by atoms with Gasteiger partial charge in [-0.05, 0) is 43.2 Å². The van der Waals surface area contributed by atoms with Gasteiger partial charge >= 0.3 is 0 Å². The van der Waals surface area contributed by atoms with Crippen LogP contribution in [-0.2, 0) is 0 Å². The van der Waals surface area contributed by atoms with Crippen LogP contribution >= 0.6 is 0 Å². The van der Waals surface area contributed by atoms with Gasteiger partial charge in [-0.15, -0.1) is 0 Å². The molecule has 2 aromatic rings. The van der Waals surface area contributed by atoms with Crippen molar-refractivity contribution in [2.45, 2.75) is 26.3 Å². The number of nitrogens with zero attached hydrogens (tertiary/aromatic N) is 1. The van der Waals surface area contributed by atoms with Crippen LogP contribution < -0.4 is 10.5 Å². The molecule has 3 nitrogen and oxygen atoms in total. The molecule has 2 N–H and O–H groups in total. The van der Waals surface area contributed by atoms with Crippen molar-refractivity contribution in [3.63, 3.8) is 0 Å². The van der Waals surface area contributed by atoms with Crippen LogP contribution in [0, 0.1) is 6.92 Å². The van der Waals surface area contributed by atoms with E-state index in [9.17, 15) is 0 Å². The fourth-order valence-electron chi connectivity index (χ4n) is 1.67. The zero-order valence-electron chi connectivity index (χ0n) is 10.8. The summed E-state index contributed by atoms with van der Waals surface area (Å²) >= 11 is 0. The predicted octanol–water partition coefficient (Wildman–Crippen LogP) is 3.59. The van der Waals surface area contributed by atoms with E-state index in [0.717, 1.165) is 29.2 Å². The molecule has 0 saturated heterocycles. The lowest BCUT2D eigenvalue weighted by Gasteiger charge is -2.10. The van der Waals surface area contributed by atoms with Crippen molar-refractivity contribution < 1.29 is 4.74 Å². The number of aromatic nitrogens is 1. The molecule has 18 heavy (non-hydrogen) atoms. The standard InChI is InChI=1S/C15H18N2O/c1-3-15(16)12-5-8-13(9-6-12)18-14-7-4-11(2)17-10-14/h4-10,15H,3,16H2,1-2H3/t15-/m1/s1. The van der Waals surface area contributed by atoms with E-state index in [-0.39, 0.29) is 6.04 Å². The van der Waals surface area contributed by atoms with Crippen LogP contribution in [-0.4, -0.2) is 4.98 Å². The molecule has 1 aromatic heterocycles. The molecule has 0 saturated carbocycles. The van der Waals surface area contributed by atoms with E-state index in [4.69, 9.17) is 10.5 Å². The average Bonchev–Trinajstić information content (AvgIpc) is 2.41. The molecule has 1 atom stereocenters. The molecule has 1 heterocycles. The highest BCUT2D eigenvalue weighted by Gasteiger charge is 2.03. The summed E-state index contributed by atoms with van der Waals surface area (Å²) in [6, 6.07) is 11.8. The Morgan fingerprint density at radius 2 is 1.78 bits per heavy atom. The van der Waals surface area contributed by atoms with Gasteiger partial charge in [0, 0.05) is 11.7 Å². The maximum absolute atomic E-state index is 5.96. The third-order valence-electron chi connectivity index (χ3n) is 2.87. The Morgan fingerprint density at radius 3 is 2.33 bits per heavy atom. The third kappa shape index (κ3) is 3.08. The van der Waals surface area contributed by atoms with E-state index in [2.05, 4.69) is 11.9 Å². The normalized spacial score (nSPS) is 12.2. The first-order chi connectivity index (χ1) is 8.69. The predicted molar refractivity (Wildman–Crippen MR) is 72.7 cm³/mol. The molecular formula is C15H18N2O. The largest absolute Gasteiger partial charge is 0.456 e. The Bertz CT molecular complexity index is 491. The molecule has 2 rings (SSSR count). The number of nitrogens with two attached hydrogens (primary N) is 1. The number of hydrogen-bond donors (Lipinski definition) is 1. The molecule has 0 bridgehead atoms. The van der Waals surface area contributed by atoms with Gasteiger partial charge in [-0.25, -0.2) is 0 Å². The lowest BCUT2D eigenvalue weighted by Crippen LogP contribution is -2.07. The Morgan fingerprint density at radius 1 is 1.11 bits per heavy atom. The Hall–Kier alpha value is -1.87. The summed E-state index contributed by atoms with van der Waals surface area (Å²) in [6.07, 6.45) is 2.66. The second-order valence-corrected chi connectivity index (χ2v) is 4.32. The van der Waals surface area contributed by atoms with Gasteiger partial charge in [0.15, 0.2) is 0 Å². The van der Waals surface area contributed by atoms with Crippen molar-refractivity contribution >= 4 is 0 Å². The number of benzene rings is 1. The number of hydrogen-bond acceptors (Lipinski definition) is 3. The lowest BCUT2D eigenvalue weighted by atomic mass is 10.1. The van der Waals surface area contributed by atoms with Gasteiger partial charge in [-0.1, -0.05) is 19.1 Å². The van der Waals surface area contributed by atoms with E-state index in [0.29, 0.717) is 0 Å². The summed E-state index contributed by atoms with van der Waals surface area (Å²) in [4.78, 5) is 4.19. The first-order valence-corrected chi connectivity index (χ1v) is 6.15. The number of ether oxygens (including phenoxy) is 1. The van der Waals surface area contributed by atoms with Crippen molar-refractivity contribution in [3.05, 3.63) is 53.9 Å². The van der Waals surface area contributed by atoms with Gasteiger partial charge in [-0.2, -0.15) is 0 Å². The average molecular weight is 242 g/mol. The minimum absolute atomic E-state index is 0.0973. The number of rotatable bonds is 4. The summed E-state index contributed by atoms with van der Waals surface area (Å²) in [6.45, 7) is 4.03. The summed E-state index contributed by atoms with van der Waals surface area (Å²) in [5.41, 5.74) is 8.07. The Balaban J connectivity index is 2.08. The molecule has 94 valence electrons. The molecule has 0 amide bonds. The second kappa shape index (κ2) is 5.65. The molecule has 1 aromatic carbocycles. The van der Waals surface area contributed by atoms with Gasteiger partial charge in [0.2, 0.25) is 0 Å². The van der Waals surface area contributed by atoms with Crippen LogP contribution in [0.4, 0.5) is 0 Å². The first-order valence-electron chi connectivity index (χ1n) is 6.15. The summed E-state index contributed by atoms with van der Waals surface area (Å²) in [7, 11) is 0. The highest BCUT2D eigenvalue weighted by atomic mass is 16.5. The van der Waals surface area contributed by atoms with E-state index in [1.54, 1.807) is 6.20 Å². The van der Waals surface area contributed by atoms with Crippen LogP contribution in [0.1, 0.15) is 30.6 Å². The van der Waals surface area contributed by atoms with Crippen molar-refractivity contribution in [3.8, 4) is 11.5 Å². The summed E-state index contributed by atoms with van der Waals surface area (Å²) < 4.78 is 5.70. The van der Waals surface area contributed by atoms with Crippen LogP contribution in [0.15, 0.2) is 42.6 Å². The SMILES string of the molecule is CC[C@@H](N)c1ccc(Oc2ccc(C)nc2)cc1. The quantitative estimate of drug-likeness (QED) is 0.891. The van der Waals surface area contributed by atoms with E-state index in [1.807, 2.05) is 43.3 Å². The molecule has 3 heteroatoms. The Labute approximate surface area is 108 Å². The fraction of sp³-hybridized carbons (Fsp3) is 0.267. The lowest BCUT2D eigenvalue weighted by molar-refractivity contribution is 0.479. The second-order valence-electron chi connectivity index (χ2n) is 4.32. The maximum Gasteiger partial charge on any atom is 0.145 e. The molecular weight excluding hydrogens is 224 g/mol. The highest BCUT2D eigenvalue weighted by Crippen LogP contribution is 2.23.